The number of aryl methyl sites for hydroxylation is 1. The van der Waals surface area contributed by atoms with Crippen molar-refractivity contribution in [3.63, 3.8) is 0 Å². The lowest BCUT2D eigenvalue weighted by atomic mass is 10.2. The highest BCUT2D eigenvalue weighted by atomic mass is 32.2. The Balaban J connectivity index is 1.32. The highest BCUT2D eigenvalue weighted by molar-refractivity contribution is 7.99. The molecule has 7 heteroatoms. The summed E-state index contributed by atoms with van der Waals surface area (Å²) < 4.78 is 2.36. The fourth-order valence-electron chi connectivity index (χ4n) is 3.17. The summed E-state index contributed by atoms with van der Waals surface area (Å²) in [6, 6.07) is 8.05. The van der Waals surface area contributed by atoms with Gasteiger partial charge in [0.25, 0.3) is 5.56 Å². The van der Waals surface area contributed by atoms with Crippen molar-refractivity contribution in [1.82, 2.24) is 24.7 Å². The zero-order valence-electron chi connectivity index (χ0n) is 13.8. The number of rotatable bonds is 6. The van der Waals surface area contributed by atoms with Crippen LogP contribution in [0.5, 0.6) is 0 Å². The molecule has 0 spiro atoms. The first-order chi connectivity index (χ1) is 12.3. The Morgan fingerprint density at radius 3 is 2.80 bits per heavy atom. The number of nitrogens with zero attached hydrogens (tertiary/aromatic N) is 4. The van der Waals surface area contributed by atoms with E-state index in [1.54, 1.807) is 17.8 Å². The molecule has 0 amide bonds. The third kappa shape index (κ3) is 2.97. The topological polar surface area (TPSA) is 76.5 Å². The Morgan fingerprint density at radius 1 is 1.16 bits per heavy atom. The van der Waals surface area contributed by atoms with Crippen LogP contribution in [0.3, 0.4) is 0 Å². The van der Waals surface area contributed by atoms with Gasteiger partial charge in [-0.05, 0) is 37.8 Å². The van der Waals surface area contributed by atoms with E-state index in [1.165, 1.54) is 31.5 Å². The van der Waals surface area contributed by atoms with Crippen LogP contribution < -0.4 is 5.56 Å². The fraction of sp³-hybridized carbons (Fsp3) is 0.444. The van der Waals surface area contributed by atoms with Crippen molar-refractivity contribution in [3.8, 4) is 0 Å². The molecule has 2 heterocycles. The Bertz CT molecular complexity index is 987. The molecule has 5 rings (SSSR count). The van der Waals surface area contributed by atoms with Gasteiger partial charge in [0.15, 0.2) is 5.16 Å². The standard InChI is InChI=1S/C18H19N5OS/c24-17-13-3-1-2-4-14(13)19-15(20-17)9-10-25-18-22-21-16(11-5-6-11)23(18)12-7-8-12/h1-4,11-12H,5-10H2,(H,19,20,24). The van der Waals surface area contributed by atoms with E-state index in [4.69, 9.17) is 0 Å². The summed E-state index contributed by atoms with van der Waals surface area (Å²) in [5, 5.41) is 10.5. The number of benzene rings is 1. The van der Waals surface area contributed by atoms with Gasteiger partial charge in [-0.1, -0.05) is 23.9 Å². The molecule has 6 nitrogen and oxygen atoms in total. The quantitative estimate of drug-likeness (QED) is 0.689. The summed E-state index contributed by atoms with van der Waals surface area (Å²) in [7, 11) is 0. The van der Waals surface area contributed by atoms with Gasteiger partial charge in [0.1, 0.15) is 11.6 Å². The third-order valence-corrected chi connectivity index (χ3v) is 5.72. The smallest absolute Gasteiger partial charge is 0.258 e. The molecular formula is C18H19N5OS. The number of hydrogen-bond acceptors (Lipinski definition) is 5. The van der Waals surface area contributed by atoms with Crippen molar-refractivity contribution in [2.75, 3.05) is 5.75 Å². The predicted octanol–water partition coefficient (Wildman–Crippen LogP) is 3.06. The molecule has 2 saturated carbocycles. The molecule has 1 N–H and O–H groups in total. The zero-order valence-corrected chi connectivity index (χ0v) is 14.6. The average molecular weight is 353 g/mol. The number of H-pyrrole nitrogens is 1. The minimum atomic E-state index is -0.0669. The molecule has 0 saturated heterocycles. The van der Waals surface area contributed by atoms with E-state index in [0.29, 0.717) is 23.8 Å². The Hall–Kier alpha value is -2.15. The lowest BCUT2D eigenvalue weighted by molar-refractivity contribution is 0.627. The van der Waals surface area contributed by atoms with E-state index < -0.39 is 0 Å². The number of fused-ring (bicyclic) bond motifs is 1. The molecule has 2 aliphatic rings. The lowest BCUT2D eigenvalue weighted by Crippen LogP contribution is -2.12. The molecule has 2 fully saturated rings. The van der Waals surface area contributed by atoms with Gasteiger partial charge < -0.3 is 9.55 Å². The van der Waals surface area contributed by atoms with Crippen molar-refractivity contribution >= 4 is 22.7 Å². The molecule has 128 valence electrons. The summed E-state index contributed by atoms with van der Waals surface area (Å²) in [5.74, 6) is 3.37. The number of aromatic nitrogens is 5. The summed E-state index contributed by atoms with van der Waals surface area (Å²) in [4.78, 5) is 19.6. The molecule has 2 aliphatic carbocycles. The van der Waals surface area contributed by atoms with Crippen LogP contribution >= 0.6 is 11.8 Å². The van der Waals surface area contributed by atoms with E-state index in [9.17, 15) is 4.79 Å². The zero-order chi connectivity index (χ0) is 16.8. The van der Waals surface area contributed by atoms with Crippen LogP contribution in [0.15, 0.2) is 34.2 Å². The van der Waals surface area contributed by atoms with Crippen LogP contribution in [0.25, 0.3) is 10.9 Å². The molecule has 3 aromatic rings. The highest BCUT2D eigenvalue weighted by Gasteiger charge is 2.36. The van der Waals surface area contributed by atoms with Crippen LogP contribution in [-0.4, -0.2) is 30.5 Å². The fourth-order valence-corrected chi connectivity index (χ4v) is 4.13. The molecular weight excluding hydrogens is 334 g/mol. The van der Waals surface area contributed by atoms with E-state index in [-0.39, 0.29) is 5.56 Å². The second kappa shape index (κ2) is 5.98. The van der Waals surface area contributed by atoms with Crippen molar-refractivity contribution < 1.29 is 0 Å². The Labute approximate surface area is 149 Å². The van der Waals surface area contributed by atoms with Gasteiger partial charge in [0.2, 0.25) is 0 Å². The molecule has 0 bridgehead atoms. The minimum absolute atomic E-state index is 0.0669. The molecule has 25 heavy (non-hydrogen) atoms. The maximum atomic E-state index is 12.1. The van der Waals surface area contributed by atoms with Crippen LogP contribution in [0.2, 0.25) is 0 Å². The second-order valence-electron chi connectivity index (χ2n) is 6.84. The first-order valence-corrected chi connectivity index (χ1v) is 9.83. The molecule has 2 aromatic heterocycles. The molecule has 0 radical (unpaired) electrons. The maximum absolute atomic E-state index is 12.1. The monoisotopic (exact) mass is 353 g/mol. The van der Waals surface area contributed by atoms with Gasteiger partial charge in [-0.15, -0.1) is 10.2 Å². The lowest BCUT2D eigenvalue weighted by Gasteiger charge is -2.08. The van der Waals surface area contributed by atoms with E-state index in [1.807, 2.05) is 18.2 Å². The van der Waals surface area contributed by atoms with Gasteiger partial charge in [-0.3, -0.25) is 4.79 Å². The van der Waals surface area contributed by atoms with Crippen LogP contribution in [0, 0.1) is 0 Å². The largest absolute Gasteiger partial charge is 0.310 e. The van der Waals surface area contributed by atoms with E-state index >= 15 is 0 Å². The maximum Gasteiger partial charge on any atom is 0.258 e. The number of hydrogen-bond donors (Lipinski definition) is 1. The van der Waals surface area contributed by atoms with Gasteiger partial charge in [0, 0.05) is 24.1 Å². The second-order valence-corrected chi connectivity index (χ2v) is 7.91. The number of aromatic amines is 1. The van der Waals surface area contributed by atoms with Crippen LogP contribution in [-0.2, 0) is 6.42 Å². The SMILES string of the molecule is O=c1[nH]c(CCSc2nnc(C3CC3)n2C2CC2)nc2ccccc12. The summed E-state index contributed by atoms with van der Waals surface area (Å²) in [6.07, 6.45) is 5.69. The number of nitrogens with one attached hydrogen (secondary N) is 1. The third-order valence-electron chi connectivity index (χ3n) is 4.78. The van der Waals surface area contributed by atoms with Crippen molar-refractivity contribution in [3.05, 3.63) is 46.3 Å². The summed E-state index contributed by atoms with van der Waals surface area (Å²) >= 11 is 1.71. The van der Waals surface area contributed by atoms with Crippen molar-refractivity contribution in [1.29, 1.82) is 0 Å². The van der Waals surface area contributed by atoms with Crippen LogP contribution in [0.4, 0.5) is 0 Å². The van der Waals surface area contributed by atoms with Crippen molar-refractivity contribution in [2.45, 2.75) is 49.2 Å². The predicted molar refractivity (Wildman–Crippen MR) is 97.1 cm³/mol. The molecule has 0 aliphatic heterocycles. The molecule has 0 atom stereocenters. The van der Waals surface area contributed by atoms with Gasteiger partial charge in [-0.2, -0.15) is 0 Å². The highest BCUT2D eigenvalue weighted by Crippen LogP contribution is 2.45. The minimum Gasteiger partial charge on any atom is -0.310 e. The molecule has 1 aromatic carbocycles. The summed E-state index contributed by atoms with van der Waals surface area (Å²) in [5.41, 5.74) is 0.686. The van der Waals surface area contributed by atoms with E-state index in [2.05, 4.69) is 24.7 Å². The number of para-hydroxylation sites is 1. The first-order valence-electron chi connectivity index (χ1n) is 8.85. The summed E-state index contributed by atoms with van der Waals surface area (Å²) in [6.45, 7) is 0. The van der Waals surface area contributed by atoms with E-state index in [0.717, 1.165) is 22.3 Å². The Kier molecular flexibility index (Phi) is 3.62. The Morgan fingerprint density at radius 2 is 2.00 bits per heavy atom. The van der Waals surface area contributed by atoms with Gasteiger partial charge >= 0.3 is 0 Å². The van der Waals surface area contributed by atoms with Crippen molar-refractivity contribution in [2.24, 2.45) is 0 Å². The first kappa shape index (κ1) is 15.1. The van der Waals surface area contributed by atoms with Gasteiger partial charge in [-0.25, -0.2) is 4.98 Å². The number of thioether (sulfide) groups is 1. The van der Waals surface area contributed by atoms with Crippen LogP contribution in [0.1, 0.15) is 49.3 Å². The molecule has 0 unspecified atom stereocenters. The normalized spacial score (nSPS) is 17.3. The van der Waals surface area contributed by atoms with Gasteiger partial charge in [0.05, 0.1) is 10.9 Å². The average Bonchev–Trinajstić information content (AvgIpc) is 3.54.